The van der Waals surface area contributed by atoms with Crippen LogP contribution in [0.4, 0.5) is 0 Å². The first kappa shape index (κ1) is 8.87. The quantitative estimate of drug-likeness (QED) is 0.727. The zero-order valence-electron chi connectivity index (χ0n) is 7.26. The molecule has 1 aromatic carbocycles. The van der Waals surface area contributed by atoms with Crippen molar-refractivity contribution >= 4 is 0 Å². The predicted molar refractivity (Wildman–Crippen MR) is 46.3 cm³/mol. The summed E-state index contributed by atoms with van der Waals surface area (Å²) >= 11 is 0. The molecule has 65 valence electrons. The molecule has 0 aliphatic rings. The van der Waals surface area contributed by atoms with Crippen LogP contribution in [0.2, 0.25) is 0 Å². The molecule has 0 spiro atoms. The Bertz CT molecular complexity index is 261. The lowest BCUT2D eigenvalue weighted by Gasteiger charge is -2.07. The van der Waals surface area contributed by atoms with E-state index in [1.165, 1.54) is 0 Å². The van der Waals surface area contributed by atoms with Gasteiger partial charge in [-0.3, -0.25) is 0 Å². The minimum absolute atomic E-state index is 0.448. The minimum Gasteiger partial charge on any atom is -0.496 e. The summed E-state index contributed by atoms with van der Waals surface area (Å²) < 4.78 is 10.1. The second kappa shape index (κ2) is 3.97. The Kier molecular flexibility index (Phi) is 2.94. The van der Waals surface area contributed by atoms with Gasteiger partial charge in [-0.05, 0) is 6.07 Å². The summed E-state index contributed by atoms with van der Waals surface area (Å²) in [6.07, 6.45) is 0. The van der Waals surface area contributed by atoms with E-state index in [0.29, 0.717) is 12.3 Å². The Morgan fingerprint density at radius 2 is 2.17 bits per heavy atom. The van der Waals surface area contributed by atoms with Gasteiger partial charge in [-0.25, -0.2) is 0 Å². The van der Waals surface area contributed by atoms with E-state index in [4.69, 9.17) is 15.2 Å². The minimum atomic E-state index is 0.448. The van der Waals surface area contributed by atoms with Crippen LogP contribution in [0.15, 0.2) is 12.1 Å². The molecule has 0 atom stereocenters. The van der Waals surface area contributed by atoms with E-state index in [2.05, 4.69) is 6.07 Å². The third-order valence-corrected chi connectivity index (χ3v) is 1.63. The van der Waals surface area contributed by atoms with E-state index >= 15 is 0 Å². The third-order valence-electron chi connectivity index (χ3n) is 1.63. The highest BCUT2D eigenvalue weighted by atomic mass is 16.5. The second-order valence-electron chi connectivity index (χ2n) is 2.30. The summed E-state index contributed by atoms with van der Waals surface area (Å²) in [5, 5.41) is 0. The Morgan fingerprint density at radius 1 is 1.42 bits per heavy atom. The Morgan fingerprint density at radius 3 is 2.67 bits per heavy atom. The van der Waals surface area contributed by atoms with Gasteiger partial charge in [-0.1, -0.05) is 0 Å². The molecule has 1 radical (unpaired) electrons. The Balaban J connectivity index is 3.02. The highest BCUT2D eigenvalue weighted by Crippen LogP contribution is 2.23. The number of benzene rings is 1. The van der Waals surface area contributed by atoms with Crippen LogP contribution >= 0.6 is 0 Å². The van der Waals surface area contributed by atoms with Gasteiger partial charge in [-0.15, -0.1) is 0 Å². The molecular formula is C9H12NO2. The van der Waals surface area contributed by atoms with Crippen molar-refractivity contribution in [2.75, 3.05) is 14.2 Å². The van der Waals surface area contributed by atoms with E-state index in [1.807, 2.05) is 0 Å². The van der Waals surface area contributed by atoms with E-state index < -0.39 is 0 Å². The predicted octanol–water partition coefficient (Wildman–Crippen LogP) is 0.963. The average molecular weight is 166 g/mol. The third kappa shape index (κ3) is 1.68. The van der Waals surface area contributed by atoms with Gasteiger partial charge in [0.2, 0.25) is 0 Å². The topological polar surface area (TPSA) is 44.5 Å². The molecule has 1 rings (SSSR count). The maximum Gasteiger partial charge on any atom is 0.130 e. The molecule has 0 aromatic heterocycles. The highest BCUT2D eigenvalue weighted by Gasteiger charge is 2.02. The molecule has 0 aliphatic heterocycles. The van der Waals surface area contributed by atoms with Crippen molar-refractivity contribution in [1.29, 1.82) is 0 Å². The van der Waals surface area contributed by atoms with Crippen molar-refractivity contribution in [3.8, 4) is 11.5 Å². The van der Waals surface area contributed by atoms with Crippen LogP contribution in [-0.4, -0.2) is 14.2 Å². The van der Waals surface area contributed by atoms with Gasteiger partial charge in [-0.2, -0.15) is 0 Å². The van der Waals surface area contributed by atoms with Crippen molar-refractivity contribution in [2.24, 2.45) is 5.73 Å². The van der Waals surface area contributed by atoms with Gasteiger partial charge in [0.25, 0.3) is 0 Å². The van der Waals surface area contributed by atoms with E-state index in [-0.39, 0.29) is 0 Å². The second-order valence-corrected chi connectivity index (χ2v) is 2.30. The zero-order chi connectivity index (χ0) is 8.97. The van der Waals surface area contributed by atoms with Crippen LogP contribution in [0.1, 0.15) is 5.56 Å². The van der Waals surface area contributed by atoms with Crippen LogP contribution in [0.25, 0.3) is 0 Å². The van der Waals surface area contributed by atoms with Crippen molar-refractivity contribution < 1.29 is 9.47 Å². The summed E-state index contributed by atoms with van der Waals surface area (Å²) in [4.78, 5) is 0. The molecule has 0 saturated carbocycles. The number of rotatable bonds is 3. The molecule has 0 saturated heterocycles. The van der Waals surface area contributed by atoms with Gasteiger partial charge < -0.3 is 15.2 Å². The number of methoxy groups -OCH3 is 2. The van der Waals surface area contributed by atoms with Gasteiger partial charge in [0.05, 0.1) is 14.2 Å². The fraction of sp³-hybridized carbons (Fsp3) is 0.333. The van der Waals surface area contributed by atoms with Crippen LogP contribution in [-0.2, 0) is 6.54 Å². The monoisotopic (exact) mass is 166 g/mol. The van der Waals surface area contributed by atoms with Crippen molar-refractivity contribution in [3.63, 3.8) is 0 Å². The summed E-state index contributed by atoms with van der Waals surface area (Å²) in [5.74, 6) is 1.40. The van der Waals surface area contributed by atoms with Gasteiger partial charge in [0.1, 0.15) is 11.5 Å². The van der Waals surface area contributed by atoms with E-state index in [9.17, 15) is 0 Å². The molecule has 0 fully saturated rings. The Labute approximate surface area is 72.1 Å². The SMILES string of the molecule is COc1[c]cc(CN)c(OC)c1. The van der Waals surface area contributed by atoms with Gasteiger partial charge in [0.15, 0.2) is 0 Å². The number of nitrogens with two attached hydrogens (primary N) is 1. The fourth-order valence-electron chi connectivity index (χ4n) is 0.950. The van der Waals surface area contributed by atoms with Gasteiger partial charge >= 0.3 is 0 Å². The van der Waals surface area contributed by atoms with Gasteiger partial charge in [0, 0.05) is 24.2 Å². The van der Waals surface area contributed by atoms with Crippen LogP contribution in [0.3, 0.4) is 0 Å². The summed E-state index contributed by atoms with van der Waals surface area (Å²) in [6.45, 7) is 0.448. The largest absolute Gasteiger partial charge is 0.496 e. The van der Waals surface area contributed by atoms with E-state index in [1.54, 1.807) is 26.4 Å². The zero-order valence-corrected chi connectivity index (χ0v) is 7.26. The number of hydrogen-bond donors (Lipinski definition) is 1. The lowest BCUT2D eigenvalue weighted by molar-refractivity contribution is 0.390. The first-order chi connectivity index (χ1) is 5.81. The summed E-state index contributed by atoms with van der Waals surface area (Å²) in [6, 6.07) is 6.47. The molecule has 1 aromatic rings. The number of hydrogen-bond acceptors (Lipinski definition) is 3. The molecule has 0 heterocycles. The number of ether oxygens (including phenoxy) is 2. The average Bonchev–Trinajstić information content (AvgIpc) is 2.16. The summed E-state index contributed by atoms with van der Waals surface area (Å²) in [7, 11) is 3.20. The maximum atomic E-state index is 5.48. The lowest BCUT2D eigenvalue weighted by atomic mass is 10.2. The molecule has 0 aliphatic carbocycles. The standard InChI is InChI=1S/C9H12NO2/c1-11-8-4-3-7(6-10)9(5-8)12-2/h3,5H,6,10H2,1-2H3. The molecule has 12 heavy (non-hydrogen) atoms. The summed E-state index contributed by atoms with van der Waals surface area (Å²) in [5.41, 5.74) is 6.41. The molecule has 0 amide bonds. The lowest BCUT2D eigenvalue weighted by Crippen LogP contribution is -2.00. The van der Waals surface area contributed by atoms with Crippen molar-refractivity contribution in [3.05, 3.63) is 23.8 Å². The fourth-order valence-corrected chi connectivity index (χ4v) is 0.950. The first-order valence-corrected chi connectivity index (χ1v) is 3.64. The highest BCUT2D eigenvalue weighted by molar-refractivity contribution is 5.39. The van der Waals surface area contributed by atoms with Crippen LogP contribution in [0, 0.1) is 6.07 Å². The molecular weight excluding hydrogens is 154 g/mol. The van der Waals surface area contributed by atoms with E-state index in [0.717, 1.165) is 11.3 Å². The molecule has 0 unspecified atom stereocenters. The van der Waals surface area contributed by atoms with Crippen LogP contribution < -0.4 is 15.2 Å². The molecule has 0 bridgehead atoms. The maximum absolute atomic E-state index is 5.48. The smallest absolute Gasteiger partial charge is 0.130 e. The normalized spacial score (nSPS) is 9.58. The Hall–Kier alpha value is -1.22. The first-order valence-electron chi connectivity index (χ1n) is 3.64. The van der Waals surface area contributed by atoms with Crippen molar-refractivity contribution in [2.45, 2.75) is 6.54 Å². The molecule has 2 N–H and O–H groups in total. The van der Waals surface area contributed by atoms with Crippen LogP contribution in [0.5, 0.6) is 11.5 Å². The molecule has 3 nitrogen and oxygen atoms in total. The van der Waals surface area contributed by atoms with Crippen molar-refractivity contribution in [1.82, 2.24) is 0 Å². The molecule has 3 heteroatoms.